The number of aromatic nitrogens is 4. The molecule has 8 nitrogen and oxygen atoms in total. The SMILES string of the molecule is CNc1cc(N2CCCC2CNCc2cn[nH]c2-c2ccc(C)o2)ncn1. The van der Waals surface area contributed by atoms with Crippen LogP contribution in [0.4, 0.5) is 11.6 Å². The average Bonchev–Trinajstić information content (AvgIpc) is 3.42. The highest BCUT2D eigenvalue weighted by Crippen LogP contribution is 2.25. The summed E-state index contributed by atoms with van der Waals surface area (Å²) >= 11 is 0. The summed E-state index contributed by atoms with van der Waals surface area (Å²) < 4.78 is 5.72. The van der Waals surface area contributed by atoms with Crippen molar-refractivity contribution in [1.29, 1.82) is 0 Å². The number of aromatic amines is 1. The molecule has 1 aliphatic rings. The Morgan fingerprint density at radius 1 is 1.33 bits per heavy atom. The molecule has 4 heterocycles. The van der Waals surface area contributed by atoms with E-state index in [4.69, 9.17) is 4.42 Å². The van der Waals surface area contributed by atoms with Gasteiger partial charge in [0.25, 0.3) is 0 Å². The molecule has 1 fully saturated rings. The molecule has 1 unspecified atom stereocenters. The van der Waals surface area contributed by atoms with Gasteiger partial charge in [-0.3, -0.25) is 5.10 Å². The summed E-state index contributed by atoms with van der Waals surface area (Å²) in [6.07, 6.45) is 5.80. The fourth-order valence-corrected chi connectivity index (χ4v) is 3.59. The lowest BCUT2D eigenvalue weighted by Gasteiger charge is -2.26. The lowest BCUT2D eigenvalue weighted by molar-refractivity contribution is 0.543. The molecular formula is C19H25N7O. The molecule has 4 rings (SSSR count). The summed E-state index contributed by atoms with van der Waals surface area (Å²) in [5, 5.41) is 13.9. The molecule has 0 aromatic carbocycles. The Morgan fingerprint density at radius 2 is 2.26 bits per heavy atom. The van der Waals surface area contributed by atoms with Crippen LogP contribution in [0.15, 0.2) is 35.1 Å². The number of hydrogen-bond donors (Lipinski definition) is 3. The Kier molecular flexibility index (Phi) is 5.06. The van der Waals surface area contributed by atoms with Crippen molar-refractivity contribution >= 4 is 11.6 Å². The van der Waals surface area contributed by atoms with E-state index in [2.05, 4.69) is 35.7 Å². The summed E-state index contributed by atoms with van der Waals surface area (Å²) in [7, 11) is 1.87. The van der Waals surface area contributed by atoms with Crippen molar-refractivity contribution in [1.82, 2.24) is 25.5 Å². The molecule has 8 heteroatoms. The van der Waals surface area contributed by atoms with Crippen molar-refractivity contribution < 1.29 is 4.42 Å². The lowest BCUT2D eigenvalue weighted by Crippen LogP contribution is -2.38. The second-order valence-corrected chi connectivity index (χ2v) is 6.81. The van der Waals surface area contributed by atoms with Gasteiger partial charge in [-0.2, -0.15) is 5.10 Å². The number of H-pyrrole nitrogens is 1. The normalized spacial score (nSPS) is 16.8. The van der Waals surface area contributed by atoms with Crippen LogP contribution in [-0.2, 0) is 6.54 Å². The predicted octanol–water partition coefficient (Wildman–Crippen LogP) is 2.57. The van der Waals surface area contributed by atoms with Crippen LogP contribution in [0.1, 0.15) is 24.2 Å². The fraction of sp³-hybridized carbons (Fsp3) is 0.421. The van der Waals surface area contributed by atoms with Gasteiger partial charge in [-0.25, -0.2) is 9.97 Å². The van der Waals surface area contributed by atoms with Crippen LogP contribution >= 0.6 is 0 Å². The molecule has 0 radical (unpaired) electrons. The summed E-state index contributed by atoms with van der Waals surface area (Å²) in [5.74, 6) is 3.54. The minimum absolute atomic E-state index is 0.422. The van der Waals surface area contributed by atoms with E-state index < -0.39 is 0 Å². The Labute approximate surface area is 158 Å². The molecule has 3 aromatic rings. The molecular weight excluding hydrogens is 342 g/mol. The van der Waals surface area contributed by atoms with Crippen LogP contribution in [0.5, 0.6) is 0 Å². The molecule has 0 spiro atoms. The second kappa shape index (κ2) is 7.79. The molecule has 27 heavy (non-hydrogen) atoms. The Hall–Kier alpha value is -2.87. The van der Waals surface area contributed by atoms with Crippen molar-refractivity contribution in [2.75, 3.05) is 30.4 Å². The average molecular weight is 367 g/mol. The monoisotopic (exact) mass is 367 g/mol. The van der Waals surface area contributed by atoms with E-state index in [1.807, 2.05) is 38.4 Å². The van der Waals surface area contributed by atoms with E-state index in [1.54, 1.807) is 6.33 Å². The molecule has 0 aliphatic carbocycles. The summed E-state index contributed by atoms with van der Waals surface area (Å²) in [6, 6.07) is 6.36. The quantitative estimate of drug-likeness (QED) is 0.591. The maximum atomic E-state index is 5.72. The molecule has 0 saturated carbocycles. The third-order valence-corrected chi connectivity index (χ3v) is 4.98. The number of nitrogens with zero attached hydrogens (tertiary/aromatic N) is 4. The van der Waals surface area contributed by atoms with Crippen LogP contribution in [0, 0.1) is 6.92 Å². The van der Waals surface area contributed by atoms with Crippen LogP contribution < -0.4 is 15.5 Å². The van der Waals surface area contributed by atoms with Crippen molar-refractivity contribution in [2.24, 2.45) is 0 Å². The van der Waals surface area contributed by atoms with Crippen LogP contribution in [0.2, 0.25) is 0 Å². The minimum Gasteiger partial charge on any atom is -0.460 e. The highest BCUT2D eigenvalue weighted by atomic mass is 16.3. The topological polar surface area (TPSA) is 94.9 Å². The van der Waals surface area contributed by atoms with Crippen molar-refractivity contribution in [2.45, 2.75) is 32.4 Å². The second-order valence-electron chi connectivity index (χ2n) is 6.81. The minimum atomic E-state index is 0.422. The van der Waals surface area contributed by atoms with Crippen LogP contribution in [0.25, 0.3) is 11.5 Å². The Morgan fingerprint density at radius 3 is 3.07 bits per heavy atom. The Balaban J connectivity index is 1.38. The van der Waals surface area contributed by atoms with E-state index in [1.165, 1.54) is 6.42 Å². The molecule has 142 valence electrons. The van der Waals surface area contributed by atoms with Gasteiger partial charge in [0.1, 0.15) is 29.4 Å². The smallest absolute Gasteiger partial charge is 0.152 e. The van der Waals surface area contributed by atoms with E-state index in [0.29, 0.717) is 6.04 Å². The highest BCUT2D eigenvalue weighted by Gasteiger charge is 2.25. The number of anilines is 2. The predicted molar refractivity (Wildman–Crippen MR) is 105 cm³/mol. The van der Waals surface area contributed by atoms with Crippen molar-refractivity contribution in [3.63, 3.8) is 0 Å². The van der Waals surface area contributed by atoms with Gasteiger partial charge >= 0.3 is 0 Å². The molecule has 0 bridgehead atoms. The summed E-state index contributed by atoms with van der Waals surface area (Å²) in [5.41, 5.74) is 2.04. The number of rotatable bonds is 7. The van der Waals surface area contributed by atoms with Gasteiger partial charge in [-0.1, -0.05) is 0 Å². The zero-order chi connectivity index (χ0) is 18.6. The molecule has 0 amide bonds. The zero-order valence-electron chi connectivity index (χ0n) is 15.7. The first-order valence-corrected chi connectivity index (χ1v) is 9.31. The first kappa shape index (κ1) is 17.5. The van der Waals surface area contributed by atoms with Gasteiger partial charge < -0.3 is 20.0 Å². The lowest BCUT2D eigenvalue weighted by atomic mass is 10.2. The summed E-state index contributed by atoms with van der Waals surface area (Å²) in [4.78, 5) is 11.0. The van der Waals surface area contributed by atoms with E-state index >= 15 is 0 Å². The van der Waals surface area contributed by atoms with E-state index in [0.717, 1.165) is 60.5 Å². The first-order chi connectivity index (χ1) is 13.2. The Bertz CT molecular complexity index is 888. The van der Waals surface area contributed by atoms with E-state index in [-0.39, 0.29) is 0 Å². The van der Waals surface area contributed by atoms with Gasteiger partial charge in [0.05, 0.1) is 6.20 Å². The van der Waals surface area contributed by atoms with Gasteiger partial charge in [-0.15, -0.1) is 0 Å². The fourth-order valence-electron chi connectivity index (χ4n) is 3.59. The van der Waals surface area contributed by atoms with Gasteiger partial charge in [0.15, 0.2) is 5.76 Å². The first-order valence-electron chi connectivity index (χ1n) is 9.31. The molecule has 3 N–H and O–H groups in total. The van der Waals surface area contributed by atoms with Crippen LogP contribution in [-0.4, -0.2) is 46.3 Å². The van der Waals surface area contributed by atoms with Gasteiger partial charge in [-0.05, 0) is 31.9 Å². The summed E-state index contributed by atoms with van der Waals surface area (Å²) in [6.45, 7) is 4.59. The third-order valence-electron chi connectivity index (χ3n) is 4.98. The molecule has 1 saturated heterocycles. The molecule has 1 atom stereocenters. The third kappa shape index (κ3) is 3.80. The maximum Gasteiger partial charge on any atom is 0.152 e. The van der Waals surface area contributed by atoms with Crippen molar-refractivity contribution in [3.05, 3.63) is 42.0 Å². The number of aryl methyl sites for hydroxylation is 1. The number of furan rings is 1. The zero-order valence-corrected chi connectivity index (χ0v) is 15.7. The largest absolute Gasteiger partial charge is 0.460 e. The van der Waals surface area contributed by atoms with Gasteiger partial charge in [0, 0.05) is 44.4 Å². The molecule has 3 aromatic heterocycles. The number of hydrogen-bond acceptors (Lipinski definition) is 7. The highest BCUT2D eigenvalue weighted by molar-refractivity contribution is 5.56. The van der Waals surface area contributed by atoms with E-state index in [9.17, 15) is 0 Å². The van der Waals surface area contributed by atoms with Crippen molar-refractivity contribution in [3.8, 4) is 11.5 Å². The number of nitrogens with one attached hydrogen (secondary N) is 3. The van der Waals surface area contributed by atoms with Gasteiger partial charge in [0.2, 0.25) is 0 Å². The standard InChI is InChI=1S/C19H25N7O/c1-13-5-6-16(27-13)19-14(10-24-25-19)9-21-11-15-4-3-7-26(15)18-8-17(20-2)22-12-23-18/h5-6,8,10,12,15,21H,3-4,7,9,11H2,1-2H3,(H,24,25)(H,20,22,23). The van der Waals surface area contributed by atoms with Crippen LogP contribution in [0.3, 0.4) is 0 Å². The molecule has 1 aliphatic heterocycles. The maximum absolute atomic E-state index is 5.72.